The van der Waals surface area contributed by atoms with E-state index in [1.807, 2.05) is 0 Å². The normalized spacial score (nSPS) is 23.4. The SMILES string of the molecule is O=C1NC[C@@]2(CCCN(C(=O)c3n[nH]c(=O)c4ccccc34)CC2)O1. The Labute approximate surface area is 143 Å². The molecule has 8 heteroatoms. The first-order valence-electron chi connectivity index (χ1n) is 8.32. The Kier molecular flexibility index (Phi) is 3.67. The highest BCUT2D eigenvalue weighted by Crippen LogP contribution is 2.30. The van der Waals surface area contributed by atoms with E-state index < -0.39 is 11.7 Å². The Bertz CT molecular complexity index is 909. The Balaban J connectivity index is 1.61. The lowest BCUT2D eigenvalue weighted by Gasteiger charge is -2.25. The number of fused-ring (bicyclic) bond motifs is 1. The summed E-state index contributed by atoms with van der Waals surface area (Å²) in [5.41, 5.74) is -0.592. The molecule has 1 aromatic heterocycles. The van der Waals surface area contributed by atoms with Gasteiger partial charge in [0.25, 0.3) is 11.5 Å². The van der Waals surface area contributed by atoms with Crippen LogP contribution in [0.25, 0.3) is 10.8 Å². The lowest BCUT2D eigenvalue weighted by atomic mass is 9.95. The van der Waals surface area contributed by atoms with Gasteiger partial charge in [-0.15, -0.1) is 0 Å². The van der Waals surface area contributed by atoms with E-state index in [4.69, 9.17) is 4.74 Å². The van der Waals surface area contributed by atoms with E-state index in [1.54, 1.807) is 29.2 Å². The first-order chi connectivity index (χ1) is 12.1. The van der Waals surface area contributed by atoms with Crippen LogP contribution in [0.3, 0.4) is 0 Å². The van der Waals surface area contributed by atoms with Gasteiger partial charge in [-0.3, -0.25) is 9.59 Å². The molecule has 8 nitrogen and oxygen atoms in total. The van der Waals surface area contributed by atoms with Crippen molar-refractivity contribution in [2.45, 2.75) is 24.9 Å². The molecule has 2 fully saturated rings. The predicted octanol–water partition coefficient (Wildman–Crippen LogP) is 1.03. The molecule has 2 aliphatic rings. The van der Waals surface area contributed by atoms with Crippen molar-refractivity contribution in [1.82, 2.24) is 20.4 Å². The summed E-state index contributed by atoms with van der Waals surface area (Å²) in [5, 5.41) is 10.1. The zero-order chi connectivity index (χ0) is 17.4. The van der Waals surface area contributed by atoms with Crippen LogP contribution < -0.4 is 10.9 Å². The highest BCUT2D eigenvalue weighted by molar-refractivity contribution is 6.04. The molecule has 1 spiro atoms. The third-order valence-electron chi connectivity index (χ3n) is 4.95. The maximum absolute atomic E-state index is 13.0. The molecule has 1 atom stereocenters. The van der Waals surface area contributed by atoms with Gasteiger partial charge in [0.1, 0.15) is 5.60 Å². The largest absolute Gasteiger partial charge is 0.441 e. The summed E-state index contributed by atoms with van der Waals surface area (Å²) in [6.07, 6.45) is 1.64. The topological polar surface area (TPSA) is 104 Å². The fourth-order valence-corrected chi connectivity index (χ4v) is 3.58. The van der Waals surface area contributed by atoms with Crippen molar-refractivity contribution in [3.63, 3.8) is 0 Å². The number of likely N-dealkylation sites (tertiary alicyclic amines) is 1. The number of alkyl carbamates (subject to hydrolysis) is 1. The predicted molar refractivity (Wildman–Crippen MR) is 89.3 cm³/mol. The minimum absolute atomic E-state index is 0.221. The van der Waals surface area contributed by atoms with Gasteiger partial charge in [-0.1, -0.05) is 18.2 Å². The van der Waals surface area contributed by atoms with E-state index >= 15 is 0 Å². The summed E-state index contributed by atoms with van der Waals surface area (Å²) in [5.74, 6) is -0.221. The lowest BCUT2D eigenvalue weighted by Crippen LogP contribution is -2.37. The standard InChI is InChI=1S/C17H18N4O4/c22-14-12-5-2-1-4-11(12)13(19-20-14)15(23)21-8-3-6-17(7-9-21)10-18-16(24)25-17/h1-2,4-5H,3,6-10H2,(H,18,24)(H,20,22)/t17-/m0/s1. The smallest absolute Gasteiger partial charge is 0.407 e. The minimum atomic E-state index is -0.521. The van der Waals surface area contributed by atoms with Crippen LogP contribution in [0.5, 0.6) is 0 Å². The summed E-state index contributed by atoms with van der Waals surface area (Å²) in [6.45, 7) is 1.52. The molecule has 0 bridgehead atoms. The van der Waals surface area contributed by atoms with Crippen molar-refractivity contribution in [2.24, 2.45) is 0 Å². The summed E-state index contributed by atoms with van der Waals surface area (Å²) < 4.78 is 5.44. The van der Waals surface area contributed by atoms with Crippen LogP contribution >= 0.6 is 0 Å². The number of nitrogens with one attached hydrogen (secondary N) is 2. The number of hydrogen-bond acceptors (Lipinski definition) is 5. The van der Waals surface area contributed by atoms with Gasteiger partial charge in [0, 0.05) is 24.9 Å². The van der Waals surface area contributed by atoms with Gasteiger partial charge in [-0.2, -0.15) is 5.10 Å². The molecule has 4 rings (SSSR count). The molecule has 0 aliphatic carbocycles. The Morgan fingerprint density at radius 2 is 1.96 bits per heavy atom. The van der Waals surface area contributed by atoms with Gasteiger partial charge >= 0.3 is 6.09 Å². The van der Waals surface area contributed by atoms with E-state index in [0.717, 1.165) is 12.8 Å². The highest BCUT2D eigenvalue weighted by Gasteiger charge is 2.42. The summed E-state index contributed by atoms with van der Waals surface area (Å²) in [7, 11) is 0. The molecule has 2 aliphatic heterocycles. The highest BCUT2D eigenvalue weighted by atomic mass is 16.6. The minimum Gasteiger partial charge on any atom is -0.441 e. The molecule has 0 unspecified atom stereocenters. The second-order valence-corrected chi connectivity index (χ2v) is 6.52. The molecule has 2 saturated heterocycles. The molecular formula is C17H18N4O4. The van der Waals surface area contributed by atoms with Crippen LogP contribution in [0.15, 0.2) is 29.1 Å². The van der Waals surface area contributed by atoms with Crippen molar-refractivity contribution in [2.75, 3.05) is 19.6 Å². The summed E-state index contributed by atoms with van der Waals surface area (Å²) in [4.78, 5) is 38.0. The first-order valence-corrected chi connectivity index (χ1v) is 8.32. The molecule has 0 saturated carbocycles. The van der Waals surface area contributed by atoms with Gasteiger partial charge in [0.05, 0.1) is 11.9 Å². The maximum atomic E-state index is 13.0. The average Bonchev–Trinajstić information content (AvgIpc) is 2.86. The van der Waals surface area contributed by atoms with Gasteiger partial charge in [0.2, 0.25) is 0 Å². The zero-order valence-corrected chi connectivity index (χ0v) is 13.6. The zero-order valence-electron chi connectivity index (χ0n) is 13.6. The number of nitrogens with zero attached hydrogens (tertiary/aromatic N) is 2. The summed E-state index contributed by atoms with van der Waals surface area (Å²) >= 11 is 0. The van der Waals surface area contributed by atoms with Crippen molar-refractivity contribution >= 4 is 22.8 Å². The number of H-pyrrole nitrogens is 1. The fraction of sp³-hybridized carbons (Fsp3) is 0.412. The van der Waals surface area contributed by atoms with Crippen LogP contribution in [-0.2, 0) is 4.74 Å². The molecule has 1 aromatic carbocycles. The molecule has 0 radical (unpaired) electrons. The molecule has 2 aromatic rings. The van der Waals surface area contributed by atoms with E-state index in [-0.39, 0.29) is 17.2 Å². The second kappa shape index (κ2) is 5.87. The number of ether oxygens (including phenoxy) is 1. The van der Waals surface area contributed by atoms with Crippen LogP contribution in [0.2, 0.25) is 0 Å². The Morgan fingerprint density at radius 1 is 1.16 bits per heavy atom. The quantitative estimate of drug-likeness (QED) is 0.805. The Morgan fingerprint density at radius 3 is 2.72 bits per heavy atom. The number of carbonyl (C=O) groups excluding carboxylic acids is 2. The van der Waals surface area contributed by atoms with E-state index in [0.29, 0.717) is 36.8 Å². The number of amides is 2. The molecular weight excluding hydrogens is 324 g/mol. The van der Waals surface area contributed by atoms with Gasteiger partial charge in [-0.25, -0.2) is 9.89 Å². The molecule has 130 valence electrons. The lowest BCUT2D eigenvalue weighted by molar-refractivity contribution is 0.0438. The van der Waals surface area contributed by atoms with Crippen molar-refractivity contribution in [1.29, 1.82) is 0 Å². The van der Waals surface area contributed by atoms with E-state index in [1.165, 1.54) is 0 Å². The molecule has 3 heterocycles. The van der Waals surface area contributed by atoms with E-state index in [2.05, 4.69) is 15.5 Å². The van der Waals surface area contributed by atoms with Crippen molar-refractivity contribution in [3.05, 3.63) is 40.3 Å². The van der Waals surface area contributed by atoms with Gasteiger partial charge in [0.15, 0.2) is 5.69 Å². The number of aromatic nitrogens is 2. The van der Waals surface area contributed by atoms with Gasteiger partial charge in [-0.05, 0) is 18.9 Å². The van der Waals surface area contributed by atoms with E-state index in [9.17, 15) is 14.4 Å². The fourth-order valence-electron chi connectivity index (χ4n) is 3.58. The van der Waals surface area contributed by atoms with Crippen molar-refractivity contribution in [3.8, 4) is 0 Å². The first kappa shape index (κ1) is 15.6. The van der Waals surface area contributed by atoms with Crippen LogP contribution in [0.4, 0.5) is 4.79 Å². The molecule has 2 N–H and O–H groups in total. The number of rotatable bonds is 1. The monoisotopic (exact) mass is 342 g/mol. The van der Waals surface area contributed by atoms with Crippen LogP contribution in [0.1, 0.15) is 29.8 Å². The Hall–Kier alpha value is -2.90. The summed E-state index contributed by atoms with van der Waals surface area (Å²) in [6, 6.07) is 6.94. The number of hydrogen-bond donors (Lipinski definition) is 2. The second-order valence-electron chi connectivity index (χ2n) is 6.52. The third-order valence-corrected chi connectivity index (χ3v) is 4.95. The average molecular weight is 342 g/mol. The van der Waals surface area contributed by atoms with Crippen molar-refractivity contribution < 1.29 is 14.3 Å². The molecule has 2 amide bonds. The third kappa shape index (κ3) is 2.73. The maximum Gasteiger partial charge on any atom is 0.407 e. The van der Waals surface area contributed by atoms with Gasteiger partial charge < -0.3 is 15.0 Å². The van der Waals surface area contributed by atoms with Crippen LogP contribution in [-0.4, -0.2) is 52.3 Å². The van der Waals surface area contributed by atoms with Crippen LogP contribution in [0, 0.1) is 0 Å². The number of benzene rings is 1. The number of carbonyl (C=O) groups is 2. The number of aromatic amines is 1. The molecule has 25 heavy (non-hydrogen) atoms.